The van der Waals surface area contributed by atoms with Gasteiger partial charge in [0.05, 0.1) is 0 Å². The summed E-state index contributed by atoms with van der Waals surface area (Å²) in [6, 6.07) is 16.9. The van der Waals surface area contributed by atoms with Gasteiger partial charge in [0.1, 0.15) is 5.69 Å². The van der Waals surface area contributed by atoms with E-state index >= 15 is 0 Å². The second-order valence-electron chi connectivity index (χ2n) is 8.29. The summed E-state index contributed by atoms with van der Waals surface area (Å²) >= 11 is 0. The molecule has 0 radical (unpaired) electrons. The highest BCUT2D eigenvalue weighted by atomic mass is 16.4. The van der Waals surface area contributed by atoms with E-state index in [2.05, 4.69) is 42.6 Å². The third kappa shape index (κ3) is 4.38. The van der Waals surface area contributed by atoms with E-state index in [1.54, 1.807) is 0 Å². The molecular weight excluding hydrogens is 360 g/mol. The van der Waals surface area contributed by atoms with Crippen molar-refractivity contribution in [2.24, 2.45) is 0 Å². The molecule has 0 aliphatic heterocycles. The van der Waals surface area contributed by atoms with Crippen molar-refractivity contribution in [2.45, 2.75) is 64.6 Å². The number of para-hydroxylation sites is 1. The van der Waals surface area contributed by atoms with Gasteiger partial charge in [0, 0.05) is 35.6 Å². The molecule has 1 aliphatic carbocycles. The molecule has 152 valence electrons. The number of carboxylic acid groups (broad SMARTS) is 1. The molecule has 2 aromatic carbocycles. The van der Waals surface area contributed by atoms with Gasteiger partial charge >= 0.3 is 5.97 Å². The average Bonchev–Trinajstić information content (AvgIpc) is 2.85. The number of rotatable bonds is 6. The molecule has 3 aromatic rings. The van der Waals surface area contributed by atoms with E-state index in [0.29, 0.717) is 24.8 Å². The zero-order chi connectivity index (χ0) is 20.2. The molecule has 0 unspecified atom stereocenters. The van der Waals surface area contributed by atoms with Crippen molar-refractivity contribution in [3.63, 3.8) is 0 Å². The van der Waals surface area contributed by atoms with E-state index < -0.39 is 5.97 Å². The number of carboxylic acids is 1. The van der Waals surface area contributed by atoms with Gasteiger partial charge in [-0.05, 0) is 31.4 Å². The van der Waals surface area contributed by atoms with Crippen LogP contribution in [0.3, 0.4) is 0 Å². The van der Waals surface area contributed by atoms with Gasteiger partial charge in [0.25, 0.3) is 0 Å². The van der Waals surface area contributed by atoms with E-state index in [1.807, 2.05) is 22.8 Å². The van der Waals surface area contributed by atoms with Gasteiger partial charge in [-0.1, -0.05) is 73.7 Å². The third-order valence-electron chi connectivity index (χ3n) is 6.16. The Morgan fingerprint density at radius 3 is 2.41 bits per heavy atom. The van der Waals surface area contributed by atoms with Gasteiger partial charge in [-0.2, -0.15) is 0 Å². The van der Waals surface area contributed by atoms with Gasteiger partial charge in [-0.15, -0.1) is 0 Å². The van der Waals surface area contributed by atoms with E-state index in [-0.39, 0.29) is 0 Å². The number of aromatic nitrogens is 1. The first kappa shape index (κ1) is 19.7. The first-order chi connectivity index (χ1) is 14.1. The normalized spacial score (nSPS) is 15.5. The summed E-state index contributed by atoms with van der Waals surface area (Å²) < 4.78 is 1.96. The number of nitrogens with one attached hydrogen (secondary N) is 1. The van der Waals surface area contributed by atoms with Crippen molar-refractivity contribution in [2.75, 3.05) is 0 Å². The number of hydrogen-bond acceptors (Lipinski definition) is 2. The summed E-state index contributed by atoms with van der Waals surface area (Å²) in [5.74, 6) is -0.856. The number of hydrogen-bond donors (Lipinski definition) is 2. The van der Waals surface area contributed by atoms with E-state index in [1.165, 1.54) is 44.1 Å². The summed E-state index contributed by atoms with van der Waals surface area (Å²) in [6.07, 6.45) is 7.52. The van der Waals surface area contributed by atoms with Crippen molar-refractivity contribution in [1.29, 1.82) is 0 Å². The van der Waals surface area contributed by atoms with Crippen LogP contribution < -0.4 is 5.32 Å². The maximum Gasteiger partial charge on any atom is 0.352 e. The summed E-state index contributed by atoms with van der Waals surface area (Å²) in [7, 11) is 0. The fourth-order valence-corrected chi connectivity index (χ4v) is 4.57. The molecule has 1 fully saturated rings. The van der Waals surface area contributed by atoms with Crippen molar-refractivity contribution >= 4 is 16.9 Å². The Bertz CT molecular complexity index is 980. The first-order valence-electron chi connectivity index (χ1n) is 10.8. The fourth-order valence-electron chi connectivity index (χ4n) is 4.57. The van der Waals surface area contributed by atoms with Crippen LogP contribution in [0.5, 0.6) is 0 Å². The second kappa shape index (κ2) is 8.83. The number of benzene rings is 2. The largest absolute Gasteiger partial charge is 0.477 e. The molecule has 29 heavy (non-hydrogen) atoms. The molecule has 0 amide bonds. The molecular formula is C25H30N2O2. The Hall–Kier alpha value is -2.59. The van der Waals surface area contributed by atoms with Crippen LogP contribution in [0.15, 0.2) is 48.5 Å². The predicted octanol–water partition coefficient (Wildman–Crippen LogP) is 5.51. The smallest absolute Gasteiger partial charge is 0.352 e. The van der Waals surface area contributed by atoms with Crippen LogP contribution in [0, 0.1) is 6.92 Å². The Balaban J connectivity index is 1.70. The van der Waals surface area contributed by atoms with Crippen LogP contribution in [-0.2, 0) is 13.1 Å². The van der Waals surface area contributed by atoms with E-state index in [9.17, 15) is 9.90 Å². The Morgan fingerprint density at radius 1 is 1.03 bits per heavy atom. The highest BCUT2D eigenvalue weighted by molar-refractivity contribution is 5.98. The summed E-state index contributed by atoms with van der Waals surface area (Å²) in [4.78, 5) is 12.3. The van der Waals surface area contributed by atoms with Gasteiger partial charge in [0.2, 0.25) is 0 Å². The summed E-state index contributed by atoms with van der Waals surface area (Å²) in [6.45, 7) is 3.23. The molecule has 1 aliphatic rings. The lowest BCUT2D eigenvalue weighted by atomic mass is 10.1. The van der Waals surface area contributed by atoms with Crippen LogP contribution in [0.25, 0.3) is 10.9 Å². The van der Waals surface area contributed by atoms with Crippen molar-refractivity contribution in [3.05, 3.63) is 70.9 Å². The SMILES string of the molecule is Cc1ccc(Cn2c(C(=O)O)c(CNC3CCCCCC3)c3ccccc32)cc1. The zero-order valence-corrected chi connectivity index (χ0v) is 17.2. The maximum atomic E-state index is 12.3. The number of fused-ring (bicyclic) bond motifs is 1. The molecule has 0 atom stereocenters. The minimum Gasteiger partial charge on any atom is -0.477 e. The average molecular weight is 391 g/mol. The van der Waals surface area contributed by atoms with Crippen molar-refractivity contribution in [1.82, 2.24) is 9.88 Å². The Labute approximate surface area is 172 Å². The number of carbonyl (C=O) groups is 1. The van der Waals surface area contributed by atoms with Crippen LogP contribution in [0.1, 0.15) is 65.7 Å². The molecule has 1 heterocycles. The lowest BCUT2D eigenvalue weighted by Crippen LogP contribution is -2.28. The van der Waals surface area contributed by atoms with Crippen LogP contribution in [0.4, 0.5) is 0 Å². The summed E-state index contributed by atoms with van der Waals surface area (Å²) in [5, 5.41) is 14.8. The van der Waals surface area contributed by atoms with E-state index in [4.69, 9.17) is 0 Å². The molecule has 2 N–H and O–H groups in total. The zero-order valence-electron chi connectivity index (χ0n) is 17.2. The summed E-state index contributed by atoms with van der Waals surface area (Å²) in [5.41, 5.74) is 4.63. The molecule has 4 heteroatoms. The molecule has 4 nitrogen and oxygen atoms in total. The topological polar surface area (TPSA) is 54.3 Å². The van der Waals surface area contributed by atoms with Crippen LogP contribution >= 0.6 is 0 Å². The van der Waals surface area contributed by atoms with Gasteiger partial charge in [-0.25, -0.2) is 4.79 Å². The highest BCUT2D eigenvalue weighted by Crippen LogP contribution is 2.28. The highest BCUT2D eigenvalue weighted by Gasteiger charge is 2.23. The third-order valence-corrected chi connectivity index (χ3v) is 6.16. The van der Waals surface area contributed by atoms with Gasteiger partial charge < -0.3 is 15.0 Å². The number of nitrogens with zero attached hydrogens (tertiary/aromatic N) is 1. The number of aryl methyl sites for hydroxylation is 1. The lowest BCUT2D eigenvalue weighted by molar-refractivity contribution is 0.0684. The Morgan fingerprint density at radius 2 is 1.72 bits per heavy atom. The molecule has 0 saturated heterocycles. The second-order valence-corrected chi connectivity index (χ2v) is 8.29. The van der Waals surface area contributed by atoms with Crippen molar-refractivity contribution in [3.8, 4) is 0 Å². The minimum atomic E-state index is -0.856. The fraction of sp³-hybridized carbons (Fsp3) is 0.400. The molecule has 1 saturated carbocycles. The lowest BCUT2D eigenvalue weighted by Gasteiger charge is -2.16. The molecule has 1 aromatic heterocycles. The van der Waals surface area contributed by atoms with E-state index in [0.717, 1.165) is 22.0 Å². The minimum absolute atomic E-state index is 0.410. The van der Waals surface area contributed by atoms with Crippen LogP contribution in [0.2, 0.25) is 0 Å². The predicted molar refractivity (Wildman–Crippen MR) is 118 cm³/mol. The number of aromatic carboxylic acids is 1. The molecule has 0 spiro atoms. The van der Waals surface area contributed by atoms with Crippen LogP contribution in [-0.4, -0.2) is 21.7 Å². The van der Waals surface area contributed by atoms with Gasteiger partial charge in [0.15, 0.2) is 0 Å². The van der Waals surface area contributed by atoms with Crippen molar-refractivity contribution < 1.29 is 9.90 Å². The monoisotopic (exact) mass is 390 g/mol. The quantitative estimate of drug-likeness (QED) is 0.546. The maximum absolute atomic E-state index is 12.3. The Kier molecular flexibility index (Phi) is 6.00. The standard InChI is InChI=1S/C25H30N2O2/c1-18-12-14-19(15-13-18)17-27-23-11-7-6-10-21(23)22(24(27)25(28)29)16-26-20-8-4-2-3-5-9-20/h6-7,10-15,20,26H,2-5,8-9,16-17H2,1H3,(H,28,29). The van der Waals surface area contributed by atoms with Gasteiger partial charge in [-0.3, -0.25) is 0 Å². The first-order valence-corrected chi connectivity index (χ1v) is 10.8. The molecule has 0 bridgehead atoms. The molecule has 4 rings (SSSR count).